The van der Waals surface area contributed by atoms with Crippen molar-refractivity contribution in [3.63, 3.8) is 0 Å². The third-order valence-corrected chi connectivity index (χ3v) is 5.41. The number of anilines is 2. The summed E-state index contributed by atoms with van der Waals surface area (Å²) in [5.41, 5.74) is 1.52. The van der Waals surface area contributed by atoms with Crippen LogP contribution in [0.5, 0.6) is 5.75 Å². The molecule has 0 saturated carbocycles. The highest BCUT2D eigenvalue weighted by atomic mass is 16.5. The van der Waals surface area contributed by atoms with Crippen molar-refractivity contribution in [1.82, 2.24) is 14.9 Å². The molecule has 0 spiro atoms. The molecule has 1 unspecified atom stereocenters. The minimum Gasteiger partial charge on any atom is -0.497 e. The van der Waals surface area contributed by atoms with E-state index in [2.05, 4.69) is 20.2 Å². The number of carbonyl (C=O) groups is 1. The minimum absolute atomic E-state index is 0.0717. The van der Waals surface area contributed by atoms with Crippen molar-refractivity contribution in [2.75, 3.05) is 56.7 Å². The molecule has 1 aromatic heterocycles. The summed E-state index contributed by atoms with van der Waals surface area (Å²) in [5.74, 6) is 1.44. The number of hydrogen-bond donors (Lipinski definition) is 1. The Morgan fingerprint density at radius 3 is 2.59 bits per heavy atom. The molecule has 2 fully saturated rings. The Morgan fingerprint density at radius 1 is 1.17 bits per heavy atom. The average molecular weight is 397 g/mol. The lowest BCUT2D eigenvalue weighted by Gasteiger charge is -2.36. The van der Waals surface area contributed by atoms with Crippen LogP contribution in [0.3, 0.4) is 0 Å². The molecule has 0 bridgehead atoms. The van der Waals surface area contributed by atoms with Crippen molar-refractivity contribution in [3.05, 3.63) is 42.4 Å². The standard InChI is InChI=1S/C21H27N5O3/c1-28-17-6-4-16(5-7-17)25-8-10-26(11-9-25)21(27)19-14-24-20(15-22-19)23-13-18-3-2-12-29-18/h4-7,14-15,18H,2-3,8-13H2,1H3,(H,23,24). The van der Waals surface area contributed by atoms with Crippen molar-refractivity contribution in [2.24, 2.45) is 0 Å². The number of methoxy groups -OCH3 is 1. The lowest BCUT2D eigenvalue weighted by atomic mass is 10.2. The molecular formula is C21H27N5O3. The van der Waals surface area contributed by atoms with E-state index < -0.39 is 0 Å². The number of carbonyl (C=O) groups excluding carboxylic acids is 1. The lowest BCUT2D eigenvalue weighted by Crippen LogP contribution is -2.49. The normalized spacial score (nSPS) is 19.3. The number of amides is 1. The second kappa shape index (κ2) is 9.09. The molecule has 4 rings (SSSR count). The average Bonchev–Trinajstić information content (AvgIpc) is 3.31. The molecule has 2 aliphatic heterocycles. The van der Waals surface area contributed by atoms with Crippen LogP contribution in [0.1, 0.15) is 23.3 Å². The van der Waals surface area contributed by atoms with Gasteiger partial charge in [-0.05, 0) is 37.1 Å². The van der Waals surface area contributed by atoms with Gasteiger partial charge in [-0.25, -0.2) is 9.97 Å². The number of benzene rings is 1. The van der Waals surface area contributed by atoms with Crippen molar-refractivity contribution >= 4 is 17.4 Å². The fourth-order valence-electron chi connectivity index (χ4n) is 3.68. The summed E-state index contributed by atoms with van der Waals surface area (Å²) in [6, 6.07) is 8.00. The minimum atomic E-state index is -0.0717. The van der Waals surface area contributed by atoms with E-state index >= 15 is 0 Å². The van der Waals surface area contributed by atoms with E-state index in [-0.39, 0.29) is 12.0 Å². The third-order valence-electron chi connectivity index (χ3n) is 5.41. The Hall–Kier alpha value is -2.87. The van der Waals surface area contributed by atoms with Gasteiger partial charge in [0, 0.05) is 45.0 Å². The summed E-state index contributed by atoms with van der Waals surface area (Å²) < 4.78 is 10.8. The second-order valence-electron chi connectivity index (χ2n) is 7.28. The predicted molar refractivity (Wildman–Crippen MR) is 111 cm³/mol. The summed E-state index contributed by atoms with van der Waals surface area (Å²) in [6.07, 6.45) is 5.59. The summed E-state index contributed by atoms with van der Waals surface area (Å²) >= 11 is 0. The molecule has 8 nitrogen and oxygen atoms in total. The van der Waals surface area contributed by atoms with Crippen LogP contribution >= 0.6 is 0 Å². The third kappa shape index (κ3) is 4.76. The molecule has 0 radical (unpaired) electrons. The molecule has 2 aliphatic rings. The van der Waals surface area contributed by atoms with Crippen molar-refractivity contribution in [3.8, 4) is 5.75 Å². The van der Waals surface area contributed by atoms with Gasteiger partial charge in [-0.3, -0.25) is 4.79 Å². The Bertz CT molecular complexity index is 798. The van der Waals surface area contributed by atoms with Crippen molar-refractivity contribution in [1.29, 1.82) is 0 Å². The molecule has 8 heteroatoms. The van der Waals surface area contributed by atoms with Gasteiger partial charge in [0.05, 0.1) is 25.6 Å². The summed E-state index contributed by atoms with van der Waals surface area (Å²) in [4.78, 5) is 25.5. The largest absolute Gasteiger partial charge is 0.497 e. The Kier molecular flexibility index (Phi) is 6.09. The monoisotopic (exact) mass is 397 g/mol. The van der Waals surface area contributed by atoms with E-state index in [9.17, 15) is 4.79 Å². The quantitative estimate of drug-likeness (QED) is 0.799. The number of rotatable bonds is 6. The highest BCUT2D eigenvalue weighted by Gasteiger charge is 2.23. The van der Waals surface area contributed by atoms with Crippen LogP contribution in [0.15, 0.2) is 36.7 Å². The zero-order valence-electron chi connectivity index (χ0n) is 16.7. The molecule has 1 N–H and O–H groups in total. The number of nitrogens with one attached hydrogen (secondary N) is 1. The number of hydrogen-bond acceptors (Lipinski definition) is 7. The SMILES string of the molecule is COc1ccc(N2CCN(C(=O)c3cnc(NCC4CCCO4)cn3)CC2)cc1. The van der Waals surface area contributed by atoms with Crippen LogP contribution in [-0.2, 0) is 4.74 Å². The molecule has 2 saturated heterocycles. The van der Waals surface area contributed by atoms with E-state index in [1.54, 1.807) is 19.5 Å². The smallest absolute Gasteiger partial charge is 0.274 e. The number of ether oxygens (including phenoxy) is 2. The Morgan fingerprint density at radius 2 is 1.97 bits per heavy atom. The van der Waals surface area contributed by atoms with Gasteiger partial charge in [-0.2, -0.15) is 0 Å². The zero-order chi connectivity index (χ0) is 20.1. The van der Waals surface area contributed by atoms with Crippen LogP contribution < -0.4 is 15.0 Å². The highest BCUT2D eigenvalue weighted by molar-refractivity contribution is 5.92. The van der Waals surface area contributed by atoms with Gasteiger partial charge in [0.25, 0.3) is 5.91 Å². The molecule has 1 atom stereocenters. The van der Waals surface area contributed by atoms with Crippen molar-refractivity contribution < 1.29 is 14.3 Å². The molecule has 1 aromatic carbocycles. The molecule has 3 heterocycles. The summed E-state index contributed by atoms with van der Waals surface area (Å²) in [6.45, 7) is 4.43. The van der Waals surface area contributed by atoms with Crippen LogP contribution in [0.4, 0.5) is 11.5 Å². The molecule has 2 aromatic rings. The summed E-state index contributed by atoms with van der Waals surface area (Å²) in [7, 11) is 1.66. The van der Waals surface area contributed by atoms with E-state index in [1.807, 2.05) is 29.2 Å². The fraction of sp³-hybridized carbons (Fsp3) is 0.476. The van der Waals surface area contributed by atoms with Gasteiger partial charge >= 0.3 is 0 Å². The van der Waals surface area contributed by atoms with Crippen LogP contribution in [0.2, 0.25) is 0 Å². The number of piperazine rings is 1. The predicted octanol–water partition coefficient (Wildman–Crippen LogP) is 2.04. The topological polar surface area (TPSA) is 79.8 Å². The van der Waals surface area contributed by atoms with Gasteiger partial charge in [0.2, 0.25) is 0 Å². The molecule has 29 heavy (non-hydrogen) atoms. The van der Waals surface area contributed by atoms with E-state index in [4.69, 9.17) is 9.47 Å². The van der Waals surface area contributed by atoms with Gasteiger partial charge in [0.1, 0.15) is 17.3 Å². The number of nitrogens with zero attached hydrogens (tertiary/aromatic N) is 4. The maximum Gasteiger partial charge on any atom is 0.274 e. The maximum absolute atomic E-state index is 12.8. The first-order chi connectivity index (χ1) is 14.2. The van der Waals surface area contributed by atoms with Crippen LogP contribution in [-0.4, -0.2) is 73.3 Å². The van der Waals surface area contributed by atoms with Gasteiger partial charge in [-0.1, -0.05) is 0 Å². The molecule has 1 amide bonds. The Balaban J connectivity index is 1.28. The Labute approximate surface area is 170 Å². The van der Waals surface area contributed by atoms with E-state index in [0.29, 0.717) is 24.6 Å². The number of aromatic nitrogens is 2. The second-order valence-corrected chi connectivity index (χ2v) is 7.28. The van der Waals surface area contributed by atoms with E-state index in [0.717, 1.165) is 50.5 Å². The van der Waals surface area contributed by atoms with Gasteiger partial charge in [0.15, 0.2) is 0 Å². The summed E-state index contributed by atoms with van der Waals surface area (Å²) in [5, 5.41) is 3.23. The van der Waals surface area contributed by atoms with E-state index in [1.165, 1.54) is 0 Å². The molecular weight excluding hydrogens is 370 g/mol. The first-order valence-corrected chi connectivity index (χ1v) is 10.1. The zero-order valence-corrected chi connectivity index (χ0v) is 16.7. The first kappa shape index (κ1) is 19.4. The fourth-order valence-corrected chi connectivity index (χ4v) is 3.68. The maximum atomic E-state index is 12.8. The lowest BCUT2D eigenvalue weighted by molar-refractivity contribution is 0.0740. The van der Waals surface area contributed by atoms with Gasteiger partial charge in [-0.15, -0.1) is 0 Å². The molecule has 154 valence electrons. The molecule has 0 aliphatic carbocycles. The van der Waals surface area contributed by atoms with Gasteiger partial charge < -0.3 is 24.6 Å². The first-order valence-electron chi connectivity index (χ1n) is 10.1. The van der Waals surface area contributed by atoms with Crippen LogP contribution in [0.25, 0.3) is 0 Å². The highest BCUT2D eigenvalue weighted by Crippen LogP contribution is 2.21. The van der Waals surface area contributed by atoms with Crippen LogP contribution in [0, 0.1) is 0 Å². The van der Waals surface area contributed by atoms with Crippen molar-refractivity contribution in [2.45, 2.75) is 18.9 Å².